The number of hydrogen-bond acceptors (Lipinski definition) is 4. The SMILES string of the molecule is CC(CN)CCc1nc(-c2cccc(Cl)c2)no1. The quantitative estimate of drug-likeness (QED) is 0.903. The number of nitrogens with zero attached hydrogens (tertiary/aromatic N) is 2. The number of rotatable bonds is 5. The van der Waals surface area contributed by atoms with Gasteiger partial charge in [-0.25, -0.2) is 0 Å². The maximum absolute atomic E-state index is 5.92. The number of aromatic nitrogens is 2. The van der Waals surface area contributed by atoms with Crippen LogP contribution in [0.2, 0.25) is 5.02 Å². The second-order valence-electron chi connectivity index (χ2n) is 4.40. The van der Waals surface area contributed by atoms with Crippen LogP contribution in [0.1, 0.15) is 19.2 Å². The van der Waals surface area contributed by atoms with Gasteiger partial charge in [-0.3, -0.25) is 0 Å². The molecule has 5 heteroatoms. The number of nitrogens with two attached hydrogens (primary N) is 1. The summed E-state index contributed by atoms with van der Waals surface area (Å²) in [5.41, 5.74) is 6.43. The van der Waals surface area contributed by atoms with E-state index < -0.39 is 0 Å². The summed E-state index contributed by atoms with van der Waals surface area (Å²) in [4.78, 5) is 4.35. The molecule has 18 heavy (non-hydrogen) atoms. The van der Waals surface area contributed by atoms with Crippen molar-refractivity contribution in [2.45, 2.75) is 19.8 Å². The highest BCUT2D eigenvalue weighted by Crippen LogP contribution is 2.20. The van der Waals surface area contributed by atoms with Gasteiger partial charge in [-0.1, -0.05) is 35.8 Å². The Bertz CT molecular complexity index is 512. The van der Waals surface area contributed by atoms with Crippen LogP contribution in [0, 0.1) is 5.92 Å². The molecule has 0 aliphatic carbocycles. The largest absolute Gasteiger partial charge is 0.339 e. The summed E-state index contributed by atoms with van der Waals surface area (Å²) in [5, 5.41) is 4.62. The van der Waals surface area contributed by atoms with E-state index in [1.807, 2.05) is 24.3 Å². The Balaban J connectivity index is 2.06. The lowest BCUT2D eigenvalue weighted by atomic mass is 10.1. The fourth-order valence-electron chi connectivity index (χ4n) is 1.59. The van der Waals surface area contributed by atoms with Gasteiger partial charge in [-0.15, -0.1) is 0 Å². The van der Waals surface area contributed by atoms with E-state index in [-0.39, 0.29) is 0 Å². The van der Waals surface area contributed by atoms with Crippen molar-refractivity contribution < 1.29 is 4.52 Å². The van der Waals surface area contributed by atoms with Crippen LogP contribution in [-0.4, -0.2) is 16.7 Å². The molecule has 0 spiro atoms. The summed E-state index contributed by atoms with van der Waals surface area (Å²) in [6.07, 6.45) is 1.71. The van der Waals surface area contributed by atoms with Crippen LogP contribution < -0.4 is 5.73 Å². The Morgan fingerprint density at radius 2 is 2.28 bits per heavy atom. The van der Waals surface area contributed by atoms with Crippen molar-refractivity contribution in [2.75, 3.05) is 6.54 Å². The maximum Gasteiger partial charge on any atom is 0.226 e. The number of halogens is 1. The molecule has 0 saturated heterocycles. The topological polar surface area (TPSA) is 64.9 Å². The van der Waals surface area contributed by atoms with Gasteiger partial charge in [-0.05, 0) is 31.0 Å². The summed E-state index contributed by atoms with van der Waals surface area (Å²) in [6.45, 7) is 2.78. The predicted octanol–water partition coefficient (Wildman–Crippen LogP) is 2.92. The molecule has 0 amide bonds. The van der Waals surface area contributed by atoms with Crippen LogP contribution in [0.5, 0.6) is 0 Å². The third-order valence-electron chi connectivity index (χ3n) is 2.80. The van der Waals surface area contributed by atoms with Crippen molar-refractivity contribution in [3.63, 3.8) is 0 Å². The van der Waals surface area contributed by atoms with Crippen molar-refractivity contribution >= 4 is 11.6 Å². The zero-order valence-electron chi connectivity index (χ0n) is 10.3. The molecule has 2 aromatic rings. The summed E-state index contributed by atoms with van der Waals surface area (Å²) < 4.78 is 5.21. The highest BCUT2D eigenvalue weighted by Gasteiger charge is 2.10. The summed E-state index contributed by atoms with van der Waals surface area (Å²) in [7, 11) is 0. The number of hydrogen-bond donors (Lipinski definition) is 1. The first-order valence-electron chi connectivity index (χ1n) is 5.97. The van der Waals surface area contributed by atoms with Gasteiger partial charge in [0.2, 0.25) is 11.7 Å². The van der Waals surface area contributed by atoms with Gasteiger partial charge in [0.15, 0.2) is 0 Å². The van der Waals surface area contributed by atoms with Crippen molar-refractivity contribution in [1.82, 2.24) is 10.1 Å². The summed E-state index contributed by atoms with van der Waals surface area (Å²) >= 11 is 5.92. The van der Waals surface area contributed by atoms with E-state index in [4.69, 9.17) is 21.9 Å². The van der Waals surface area contributed by atoms with Gasteiger partial charge in [0, 0.05) is 17.0 Å². The zero-order valence-corrected chi connectivity index (χ0v) is 11.0. The van der Waals surface area contributed by atoms with E-state index in [0.717, 1.165) is 18.4 Å². The van der Waals surface area contributed by atoms with E-state index in [9.17, 15) is 0 Å². The molecule has 96 valence electrons. The Hall–Kier alpha value is -1.39. The molecule has 2 N–H and O–H groups in total. The van der Waals surface area contributed by atoms with Gasteiger partial charge in [0.1, 0.15) is 0 Å². The zero-order chi connectivity index (χ0) is 13.0. The van der Waals surface area contributed by atoms with E-state index in [1.165, 1.54) is 0 Å². The molecule has 1 atom stereocenters. The van der Waals surface area contributed by atoms with Crippen molar-refractivity contribution in [1.29, 1.82) is 0 Å². The molecule has 1 unspecified atom stereocenters. The molecule has 0 radical (unpaired) electrons. The third kappa shape index (κ3) is 3.31. The number of aryl methyl sites for hydroxylation is 1. The van der Waals surface area contributed by atoms with Gasteiger partial charge in [0.25, 0.3) is 0 Å². The van der Waals surface area contributed by atoms with Crippen molar-refractivity contribution in [3.8, 4) is 11.4 Å². The van der Waals surface area contributed by atoms with Crippen molar-refractivity contribution in [3.05, 3.63) is 35.2 Å². The van der Waals surface area contributed by atoms with Gasteiger partial charge in [-0.2, -0.15) is 4.98 Å². The summed E-state index contributed by atoms with van der Waals surface area (Å²) in [6, 6.07) is 7.40. The second-order valence-corrected chi connectivity index (χ2v) is 4.84. The van der Waals surface area contributed by atoms with E-state index in [2.05, 4.69) is 17.1 Å². The van der Waals surface area contributed by atoms with Crippen LogP contribution in [0.3, 0.4) is 0 Å². The normalized spacial score (nSPS) is 12.6. The van der Waals surface area contributed by atoms with Crippen LogP contribution in [0.15, 0.2) is 28.8 Å². The lowest BCUT2D eigenvalue weighted by molar-refractivity contribution is 0.366. The molecular formula is C13H16ClN3O. The highest BCUT2D eigenvalue weighted by atomic mass is 35.5. The lowest BCUT2D eigenvalue weighted by Gasteiger charge is -2.03. The Kier molecular flexibility index (Phi) is 4.33. The number of benzene rings is 1. The van der Waals surface area contributed by atoms with Crippen LogP contribution in [0.4, 0.5) is 0 Å². The minimum Gasteiger partial charge on any atom is -0.339 e. The molecule has 1 heterocycles. The first kappa shape index (κ1) is 13.1. The maximum atomic E-state index is 5.92. The molecule has 0 bridgehead atoms. The first-order valence-corrected chi connectivity index (χ1v) is 6.35. The van der Waals surface area contributed by atoms with Gasteiger partial charge in [0.05, 0.1) is 0 Å². The molecular weight excluding hydrogens is 250 g/mol. The fraction of sp³-hybridized carbons (Fsp3) is 0.385. The average molecular weight is 266 g/mol. The Morgan fingerprint density at radius 3 is 3.00 bits per heavy atom. The van der Waals surface area contributed by atoms with E-state index >= 15 is 0 Å². The highest BCUT2D eigenvalue weighted by molar-refractivity contribution is 6.30. The lowest BCUT2D eigenvalue weighted by Crippen LogP contribution is -2.11. The molecule has 0 aliphatic rings. The first-order chi connectivity index (χ1) is 8.69. The van der Waals surface area contributed by atoms with Crippen LogP contribution >= 0.6 is 11.6 Å². The van der Waals surface area contributed by atoms with Crippen LogP contribution in [-0.2, 0) is 6.42 Å². The van der Waals surface area contributed by atoms with Gasteiger partial charge < -0.3 is 10.3 Å². The fourth-order valence-corrected chi connectivity index (χ4v) is 1.78. The third-order valence-corrected chi connectivity index (χ3v) is 3.04. The smallest absolute Gasteiger partial charge is 0.226 e. The summed E-state index contributed by atoms with van der Waals surface area (Å²) in [5.74, 6) is 1.68. The van der Waals surface area contributed by atoms with Crippen molar-refractivity contribution in [2.24, 2.45) is 11.7 Å². The minimum atomic E-state index is 0.464. The van der Waals surface area contributed by atoms with E-state index in [1.54, 1.807) is 0 Å². The molecule has 0 fully saturated rings. The van der Waals surface area contributed by atoms with Gasteiger partial charge >= 0.3 is 0 Å². The predicted molar refractivity (Wildman–Crippen MR) is 71.3 cm³/mol. The monoisotopic (exact) mass is 265 g/mol. The molecule has 1 aromatic carbocycles. The molecule has 1 aromatic heterocycles. The van der Waals surface area contributed by atoms with E-state index in [0.29, 0.717) is 29.2 Å². The van der Waals surface area contributed by atoms with Crippen LogP contribution in [0.25, 0.3) is 11.4 Å². The minimum absolute atomic E-state index is 0.464. The molecule has 2 rings (SSSR count). The second kappa shape index (κ2) is 5.98. The Morgan fingerprint density at radius 1 is 1.44 bits per heavy atom. The average Bonchev–Trinajstić information content (AvgIpc) is 2.84. The molecule has 0 aliphatic heterocycles. The molecule has 0 saturated carbocycles. The Labute approximate surface area is 111 Å². The standard InChI is InChI=1S/C13H16ClN3O/c1-9(8-15)5-6-12-16-13(17-18-12)10-3-2-4-11(14)7-10/h2-4,7,9H,5-6,8,15H2,1H3. The molecule has 4 nitrogen and oxygen atoms in total.